The van der Waals surface area contributed by atoms with E-state index in [0.29, 0.717) is 5.82 Å². The van der Waals surface area contributed by atoms with E-state index in [2.05, 4.69) is 25.3 Å². The predicted octanol–water partition coefficient (Wildman–Crippen LogP) is 2.21. The van der Waals surface area contributed by atoms with E-state index in [9.17, 15) is 0 Å². The molecule has 6 nitrogen and oxygen atoms in total. The monoisotopic (exact) mass is 262 g/mol. The number of pyridine rings is 1. The summed E-state index contributed by atoms with van der Waals surface area (Å²) in [7, 11) is 0. The van der Waals surface area contributed by atoms with Gasteiger partial charge >= 0.3 is 0 Å². The minimum Gasteiger partial charge on any atom is -0.276 e. The zero-order chi connectivity index (χ0) is 13.4. The van der Waals surface area contributed by atoms with Crippen LogP contribution < -0.4 is 0 Å². The van der Waals surface area contributed by atoms with E-state index in [1.165, 1.54) is 6.33 Å². The second kappa shape index (κ2) is 4.27. The van der Waals surface area contributed by atoms with E-state index in [-0.39, 0.29) is 0 Å². The third kappa shape index (κ3) is 1.66. The van der Waals surface area contributed by atoms with E-state index in [0.717, 1.165) is 22.2 Å². The van der Waals surface area contributed by atoms with Crippen LogP contribution in [0.15, 0.2) is 55.2 Å². The number of fused-ring (bicyclic) bond motifs is 1. The van der Waals surface area contributed by atoms with Crippen LogP contribution in [0.5, 0.6) is 0 Å². The van der Waals surface area contributed by atoms with Gasteiger partial charge in [0.2, 0.25) is 0 Å². The molecule has 0 spiro atoms. The molecule has 6 heteroatoms. The number of nitrogens with one attached hydrogen (secondary N) is 1. The highest BCUT2D eigenvalue weighted by molar-refractivity contribution is 5.93. The maximum Gasteiger partial charge on any atom is 0.155 e. The maximum absolute atomic E-state index is 4.38. The van der Waals surface area contributed by atoms with Gasteiger partial charge in [-0.15, -0.1) is 0 Å². The van der Waals surface area contributed by atoms with Crippen molar-refractivity contribution >= 4 is 10.9 Å². The predicted molar refractivity (Wildman–Crippen MR) is 74.2 cm³/mol. The van der Waals surface area contributed by atoms with Crippen molar-refractivity contribution in [2.75, 3.05) is 0 Å². The van der Waals surface area contributed by atoms with Crippen LogP contribution in [-0.2, 0) is 0 Å². The Balaban J connectivity index is 1.93. The molecule has 0 aliphatic carbocycles. The molecule has 0 saturated carbocycles. The van der Waals surface area contributed by atoms with Crippen LogP contribution >= 0.6 is 0 Å². The Morgan fingerprint density at radius 2 is 2.00 bits per heavy atom. The molecule has 20 heavy (non-hydrogen) atoms. The van der Waals surface area contributed by atoms with Crippen molar-refractivity contribution in [3.63, 3.8) is 0 Å². The minimum absolute atomic E-state index is 0.716. The molecule has 0 saturated heterocycles. The normalized spacial score (nSPS) is 11.0. The summed E-state index contributed by atoms with van der Waals surface area (Å²) in [5.74, 6) is 0.716. The zero-order valence-corrected chi connectivity index (χ0v) is 10.4. The van der Waals surface area contributed by atoms with Crippen LogP contribution in [0.2, 0.25) is 0 Å². The number of benzene rings is 1. The highest BCUT2D eigenvalue weighted by atomic mass is 15.3. The fourth-order valence-electron chi connectivity index (χ4n) is 2.17. The molecular weight excluding hydrogens is 252 g/mol. The average Bonchev–Trinajstić information content (AvgIpc) is 3.17. The average molecular weight is 262 g/mol. The van der Waals surface area contributed by atoms with Gasteiger partial charge in [0.1, 0.15) is 18.3 Å². The molecule has 96 valence electrons. The first-order valence-corrected chi connectivity index (χ1v) is 6.16. The molecule has 3 heterocycles. The van der Waals surface area contributed by atoms with Gasteiger partial charge in [-0.25, -0.2) is 14.6 Å². The number of nitrogens with zero attached hydrogens (tertiary/aromatic N) is 5. The molecule has 0 bridgehead atoms. The lowest BCUT2D eigenvalue weighted by Gasteiger charge is -2.00. The van der Waals surface area contributed by atoms with Gasteiger partial charge < -0.3 is 0 Å². The fraction of sp³-hybridized carbons (Fsp3) is 0. The Hall–Kier alpha value is -3.02. The second-order valence-corrected chi connectivity index (χ2v) is 4.37. The molecule has 0 fully saturated rings. The molecule has 0 aliphatic rings. The first kappa shape index (κ1) is 10.9. The summed E-state index contributed by atoms with van der Waals surface area (Å²) < 4.78 is 1.63. The van der Waals surface area contributed by atoms with Gasteiger partial charge in [-0.3, -0.25) is 5.10 Å². The largest absolute Gasteiger partial charge is 0.276 e. The van der Waals surface area contributed by atoms with Crippen molar-refractivity contribution in [2.45, 2.75) is 0 Å². The number of hydrogen-bond acceptors (Lipinski definition) is 4. The van der Waals surface area contributed by atoms with Gasteiger partial charge in [-0.1, -0.05) is 30.3 Å². The number of hydrogen-bond donors (Lipinski definition) is 1. The molecule has 4 aromatic rings. The van der Waals surface area contributed by atoms with Gasteiger partial charge in [0.15, 0.2) is 5.82 Å². The summed E-state index contributed by atoms with van der Waals surface area (Å²) in [5.41, 5.74) is 2.87. The zero-order valence-electron chi connectivity index (χ0n) is 10.4. The van der Waals surface area contributed by atoms with Crippen LogP contribution in [0.1, 0.15) is 0 Å². The lowest BCUT2D eigenvalue weighted by atomic mass is 10.1. The molecule has 1 aromatic carbocycles. The van der Waals surface area contributed by atoms with Crippen molar-refractivity contribution in [1.82, 2.24) is 29.9 Å². The van der Waals surface area contributed by atoms with E-state index >= 15 is 0 Å². The molecule has 3 aromatic heterocycles. The first-order valence-electron chi connectivity index (χ1n) is 6.16. The molecule has 0 unspecified atom stereocenters. The number of H-pyrrole nitrogens is 1. The third-order valence-corrected chi connectivity index (χ3v) is 3.13. The van der Waals surface area contributed by atoms with Gasteiger partial charge in [0.25, 0.3) is 0 Å². The van der Waals surface area contributed by atoms with Crippen molar-refractivity contribution in [1.29, 1.82) is 0 Å². The summed E-state index contributed by atoms with van der Waals surface area (Å²) in [6, 6.07) is 12.0. The molecule has 1 N–H and O–H groups in total. The standard InChI is InChI=1S/C14H10N6/c1-2-4-10(5-3-1)14-11-6-13(20-9-15-8-17-20)16-7-12(11)18-19-14/h1-9H,(H,18,19). The van der Waals surface area contributed by atoms with Crippen molar-refractivity contribution < 1.29 is 0 Å². The SMILES string of the molecule is c1ccc(-c2n[nH]c3cnc(-n4cncn4)cc23)cc1. The summed E-state index contributed by atoms with van der Waals surface area (Å²) >= 11 is 0. The van der Waals surface area contributed by atoms with E-state index in [1.54, 1.807) is 17.2 Å². The fourth-order valence-corrected chi connectivity index (χ4v) is 2.17. The Morgan fingerprint density at radius 3 is 2.80 bits per heavy atom. The molecule has 0 radical (unpaired) electrons. The summed E-state index contributed by atoms with van der Waals surface area (Å²) in [5, 5.41) is 12.5. The van der Waals surface area contributed by atoms with Crippen molar-refractivity contribution in [2.24, 2.45) is 0 Å². The van der Waals surface area contributed by atoms with Gasteiger partial charge in [-0.2, -0.15) is 10.2 Å². The maximum atomic E-state index is 4.38. The highest BCUT2D eigenvalue weighted by Gasteiger charge is 2.10. The Morgan fingerprint density at radius 1 is 1.10 bits per heavy atom. The Bertz CT molecular complexity index is 848. The van der Waals surface area contributed by atoms with Crippen LogP contribution in [-0.4, -0.2) is 29.9 Å². The summed E-state index contributed by atoms with van der Waals surface area (Å²) in [6.45, 7) is 0. The van der Waals surface area contributed by atoms with E-state index < -0.39 is 0 Å². The number of aromatic nitrogens is 6. The van der Waals surface area contributed by atoms with Crippen molar-refractivity contribution in [3.8, 4) is 17.1 Å². The molecule has 0 amide bonds. The molecule has 0 aliphatic heterocycles. The van der Waals surface area contributed by atoms with Crippen LogP contribution in [0, 0.1) is 0 Å². The highest BCUT2D eigenvalue weighted by Crippen LogP contribution is 2.26. The summed E-state index contributed by atoms with van der Waals surface area (Å²) in [4.78, 5) is 8.28. The molecule has 0 atom stereocenters. The van der Waals surface area contributed by atoms with Gasteiger partial charge in [0.05, 0.1) is 11.7 Å². The second-order valence-electron chi connectivity index (χ2n) is 4.37. The minimum atomic E-state index is 0.716. The van der Waals surface area contributed by atoms with Crippen LogP contribution in [0.4, 0.5) is 0 Å². The number of rotatable bonds is 2. The Labute approximate surface area is 114 Å². The number of aromatic amines is 1. The lowest BCUT2D eigenvalue weighted by molar-refractivity contribution is 0.848. The molecule has 4 rings (SSSR count). The van der Waals surface area contributed by atoms with Gasteiger partial charge in [0, 0.05) is 10.9 Å². The third-order valence-electron chi connectivity index (χ3n) is 3.13. The summed E-state index contributed by atoms with van der Waals surface area (Å²) in [6.07, 6.45) is 4.86. The van der Waals surface area contributed by atoms with E-state index in [4.69, 9.17) is 0 Å². The van der Waals surface area contributed by atoms with Gasteiger partial charge in [-0.05, 0) is 6.07 Å². The quantitative estimate of drug-likeness (QED) is 0.601. The van der Waals surface area contributed by atoms with Crippen LogP contribution in [0.25, 0.3) is 28.0 Å². The van der Waals surface area contributed by atoms with E-state index in [1.807, 2.05) is 36.4 Å². The topological polar surface area (TPSA) is 72.3 Å². The lowest BCUT2D eigenvalue weighted by Crippen LogP contribution is -1.97. The smallest absolute Gasteiger partial charge is 0.155 e. The first-order chi connectivity index (χ1) is 9.92. The Kier molecular flexibility index (Phi) is 2.32. The van der Waals surface area contributed by atoms with Crippen molar-refractivity contribution in [3.05, 3.63) is 55.2 Å². The molecular formula is C14H10N6. The van der Waals surface area contributed by atoms with Crippen LogP contribution in [0.3, 0.4) is 0 Å².